The Bertz CT molecular complexity index is 33.8. The molecule has 0 saturated carbocycles. The predicted octanol–water partition coefficient (Wildman–Crippen LogP) is -1.11. The van der Waals surface area contributed by atoms with E-state index in [1.165, 1.54) is 0 Å². The largest absolute Gasteiger partial charge is 0.328 e. The van der Waals surface area contributed by atoms with Crippen LogP contribution >= 0.6 is 0 Å². The molecule has 6 heavy (non-hydrogen) atoms. The summed E-state index contributed by atoms with van der Waals surface area (Å²) in [5, 5.41) is 13.6. The van der Waals surface area contributed by atoms with Crippen LogP contribution in [0.5, 0.6) is 0 Å². The smallest absolute Gasteiger partial charge is 0.291 e. The first-order valence-corrected chi connectivity index (χ1v) is 0.565. The second kappa shape index (κ2) is 9.25. The molecule has 0 aromatic heterocycles. The van der Waals surface area contributed by atoms with Crippen LogP contribution in [0.3, 0.4) is 0 Å². The van der Waals surface area contributed by atoms with Crippen molar-refractivity contribution in [3.8, 4) is 0 Å². The van der Waals surface area contributed by atoms with Gasteiger partial charge in [0.05, 0.1) is 0 Å². The Hall–Kier alpha value is 0.784. The van der Waals surface area contributed by atoms with Crippen molar-refractivity contribution in [2.75, 3.05) is 0 Å². The molecule has 0 saturated heterocycles. The van der Waals surface area contributed by atoms with Crippen LogP contribution in [0.15, 0.2) is 0 Å². The summed E-state index contributed by atoms with van der Waals surface area (Å²) in [6.07, 6.45) is 0. The molecule has 0 aliphatic rings. The van der Waals surface area contributed by atoms with Crippen molar-refractivity contribution in [1.29, 1.82) is 0 Å². The maximum atomic E-state index is 8.36. The Morgan fingerprint density at radius 2 is 1.67 bits per heavy atom. The summed E-state index contributed by atoms with van der Waals surface area (Å²) in [5.74, 6) is 0. The van der Waals surface area contributed by atoms with E-state index < -0.39 is 5.09 Å². The van der Waals surface area contributed by atoms with E-state index >= 15 is 0 Å². The standard InChI is InChI=1S/Mg.HNO3.Sb/c;2-1(3)4;/h;(H,2,3,4);. The predicted molar refractivity (Wildman–Crippen MR) is 20.3 cm³/mol. The monoisotopic (exact) mass is 208 g/mol. The van der Waals surface area contributed by atoms with Crippen LogP contribution < -0.4 is 0 Å². The van der Waals surface area contributed by atoms with Gasteiger partial charge in [0.2, 0.25) is 0 Å². The molecule has 4 nitrogen and oxygen atoms in total. The van der Waals surface area contributed by atoms with E-state index in [1.807, 2.05) is 0 Å². The molecule has 0 aromatic rings. The van der Waals surface area contributed by atoms with Gasteiger partial charge >= 0.3 is 0 Å². The first-order chi connectivity index (χ1) is 1.73. The Balaban J connectivity index is -0.0000000450. The molecule has 1 N–H and O–H groups in total. The minimum absolute atomic E-state index is 0. The second-order valence-electron chi connectivity index (χ2n) is 0.238. The van der Waals surface area contributed by atoms with Crippen LogP contribution in [0.4, 0.5) is 0 Å². The van der Waals surface area contributed by atoms with Crippen LogP contribution in [0.1, 0.15) is 0 Å². The third-order valence-electron chi connectivity index (χ3n) is 0. The van der Waals surface area contributed by atoms with Gasteiger partial charge in [-0.2, -0.15) is 0 Å². The minimum Gasteiger partial charge on any atom is -0.328 e. The van der Waals surface area contributed by atoms with E-state index in [2.05, 4.69) is 0 Å². The van der Waals surface area contributed by atoms with Gasteiger partial charge in [-0.05, 0) is 0 Å². The summed E-state index contributed by atoms with van der Waals surface area (Å²) in [7, 11) is 0. The van der Waals surface area contributed by atoms with Crippen LogP contribution in [0, 0.1) is 10.1 Å². The van der Waals surface area contributed by atoms with E-state index in [9.17, 15) is 0 Å². The van der Waals surface area contributed by atoms with E-state index in [1.54, 1.807) is 0 Å². The molecular weight excluding hydrogens is 208 g/mol. The average Bonchev–Trinajstić information content (AvgIpc) is 0.811. The molecule has 0 aliphatic carbocycles. The zero-order valence-electron chi connectivity index (χ0n) is 2.87. The van der Waals surface area contributed by atoms with Crippen molar-refractivity contribution in [3.63, 3.8) is 0 Å². The molecule has 0 atom stereocenters. The SMILES string of the molecule is O=[N+]([O-])O.[Mg].[Sb]. The third-order valence-corrected chi connectivity index (χ3v) is 0. The quantitative estimate of drug-likeness (QED) is 0.312. The first kappa shape index (κ1) is 15.9. The van der Waals surface area contributed by atoms with Gasteiger partial charge in [-0.15, -0.1) is 10.1 Å². The topological polar surface area (TPSA) is 63.4 Å². The van der Waals surface area contributed by atoms with Crippen LogP contribution in [-0.2, 0) is 0 Å². The average molecular weight is 209 g/mol. The normalized spacial score (nSPS) is 4.00. The van der Waals surface area contributed by atoms with Crippen LogP contribution in [0.2, 0.25) is 0 Å². The summed E-state index contributed by atoms with van der Waals surface area (Å²) in [6, 6.07) is 0. The van der Waals surface area contributed by atoms with E-state index in [0.29, 0.717) is 0 Å². The molecule has 31 valence electrons. The van der Waals surface area contributed by atoms with Crippen molar-refractivity contribution in [2.24, 2.45) is 0 Å². The maximum Gasteiger partial charge on any atom is 0.291 e. The molecule has 6 heteroatoms. The summed E-state index contributed by atoms with van der Waals surface area (Å²) >= 11 is 0. The summed E-state index contributed by atoms with van der Waals surface area (Å²) in [5.41, 5.74) is 0. The Morgan fingerprint density at radius 3 is 1.67 bits per heavy atom. The van der Waals surface area contributed by atoms with Crippen molar-refractivity contribution in [2.45, 2.75) is 0 Å². The molecule has 0 heterocycles. The zero-order chi connectivity index (χ0) is 3.58. The van der Waals surface area contributed by atoms with E-state index in [4.69, 9.17) is 15.3 Å². The van der Waals surface area contributed by atoms with Crippen LogP contribution in [-0.4, -0.2) is 57.8 Å². The van der Waals surface area contributed by atoms with Gasteiger partial charge in [-0.3, -0.25) is 0 Å². The molecule has 5 radical (unpaired) electrons. The number of rotatable bonds is 0. The van der Waals surface area contributed by atoms with E-state index in [-0.39, 0.29) is 47.5 Å². The second-order valence-corrected chi connectivity index (χ2v) is 0.238. The van der Waals surface area contributed by atoms with Crippen molar-refractivity contribution in [1.82, 2.24) is 0 Å². The van der Waals surface area contributed by atoms with Crippen molar-refractivity contribution < 1.29 is 10.3 Å². The fraction of sp³-hybridized carbons (Fsp3) is 0. The first-order valence-electron chi connectivity index (χ1n) is 0.565. The Kier molecular flexibility index (Phi) is 24.4. The third kappa shape index (κ3) is 111. The van der Waals surface area contributed by atoms with E-state index in [0.717, 1.165) is 0 Å². The molecule has 0 amide bonds. The molecule has 0 unspecified atom stereocenters. The molecule has 0 bridgehead atoms. The fourth-order valence-corrected chi connectivity index (χ4v) is 0. The zero-order valence-corrected chi connectivity index (χ0v) is 6.83. The molecule has 0 aliphatic heterocycles. The van der Waals surface area contributed by atoms with Gasteiger partial charge in [0.15, 0.2) is 0 Å². The number of hydrogen-bond acceptors (Lipinski definition) is 2. The Morgan fingerprint density at radius 1 is 1.67 bits per heavy atom. The van der Waals surface area contributed by atoms with Gasteiger partial charge < -0.3 is 5.21 Å². The molecule has 0 fully saturated rings. The maximum absolute atomic E-state index is 8.36. The number of nitrogens with zero attached hydrogens (tertiary/aromatic N) is 1. The molecule has 0 spiro atoms. The summed E-state index contributed by atoms with van der Waals surface area (Å²) in [6.45, 7) is 0. The van der Waals surface area contributed by atoms with Crippen LogP contribution in [0.25, 0.3) is 0 Å². The van der Waals surface area contributed by atoms with Crippen molar-refractivity contribution in [3.05, 3.63) is 10.1 Å². The minimum atomic E-state index is -1.50. The molecule has 0 aromatic carbocycles. The van der Waals surface area contributed by atoms with Crippen molar-refractivity contribution >= 4 is 47.5 Å². The van der Waals surface area contributed by atoms with Gasteiger partial charge in [-0.25, -0.2) is 0 Å². The molecular formula is HMgNO3Sb. The number of hydrogen-bond donors (Lipinski definition) is 1. The molecule has 0 rings (SSSR count). The fourth-order valence-electron chi connectivity index (χ4n) is 0. The summed E-state index contributed by atoms with van der Waals surface area (Å²) < 4.78 is 0. The van der Waals surface area contributed by atoms with Gasteiger partial charge in [-0.1, -0.05) is 0 Å². The van der Waals surface area contributed by atoms with Gasteiger partial charge in [0, 0.05) is 47.5 Å². The van der Waals surface area contributed by atoms with Gasteiger partial charge in [0.1, 0.15) is 0 Å². The summed E-state index contributed by atoms with van der Waals surface area (Å²) in [4.78, 5) is 8.36. The van der Waals surface area contributed by atoms with Gasteiger partial charge in [0.25, 0.3) is 5.09 Å². The Labute approximate surface area is 67.6 Å².